The lowest BCUT2D eigenvalue weighted by atomic mass is 9.73. The monoisotopic (exact) mass is 519 g/mol. The number of fused-ring (bicyclic) bond motifs is 3. The van der Waals surface area contributed by atoms with Gasteiger partial charge in [0.05, 0.1) is 11.7 Å². The molecule has 3 aliphatic rings. The van der Waals surface area contributed by atoms with E-state index in [9.17, 15) is 19.5 Å². The molecule has 0 spiro atoms. The van der Waals surface area contributed by atoms with Crippen molar-refractivity contribution in [2.75, 3.05) is 30.8 Å². The Bertz CT molecular complexity index is 1490. The Morgan fingerprint density at radius 3 is 2.55 bits per heavy atom. The molecule has 3 unspecified atom stereocenters. The average molecular weight is 520 g/mol. The number of furan rings is 1. The Labute approximate surface area is 220 Å². The van der Waals surface area contributed by atoms with E-state index >= 15 is 0 Å². The van der Waals surface area contributed by atoms with Crippen LogP contribution in [0.2, 0.25) is 0 Å². The second kappa shape index (κ2) is 8.69. The molecule has 6 rings (SSSR count). The van der Waals surface area contributed by atoms with E-state index in [0.717, 1.165) is 42.8 Å². The topological polar surface area (TPSA) is 128 Å². The third-order valence-corrected chi connectivity index (χ3v) is 8.77. The number of likely N-dealkylation sites (N-methyl/N-ethyl adjacent to an activating group) is 1. The van der Waals surface area contributed by atoms with E-state index < -0.39 is 10.9 Å². The number of likely N-dealkylation sites (tertiary alicyclic amines) is 1. The van der Waals surface area contributed by atoms with Gasteiger partial charge < -0.3 is 25.1 Å². The van der Waals surface area contributed by atoms with Crippen LogP contribution in [0.1, 0.15) is 66.7 Å². The molecule has 3 atom stereocenters. The molecule has 2 saturated heterocycles. The SMILES string of the molecule is Cc1cc2c(o1)C(Nc1c(Nc3ccnc(C(=O)N4CC5CCC(C4)N5C)c3O)c(=O)c1=O)C(C)(C)CC2. The van der Waals surface area contributed by atoms with Crippen LogP contribution in [0.3, 0.4) is 0 Å². The minimum Gasteiger partial charge on any atom is -0.504 e. The molecule has 10 heteroatoms. The van der Waals surface area contributed by atoms with Crippen molar-refractivity contribution in [2.24, 2.45) is 5.41 Å². The van der Waals surface area contributed by atoms with Gasteiger partial charge in [-0.15, -0.1) is 0 Å². The second-order valence-corrected chi connectivity index (χ2v) is 11.7. The van der Waals surface area contributed by atoms with E-state index in [1.54, 1.807) is 4.90 Å². The smallest absolute Gasteiger partial charge is 0.276 e. The average Bonchev–Trinajstić information content (AvgIpc) is 3.33. The van der Waals surface area contributed by atoms with Crippen molar-refractivity contribution in [3.05, 3.63) is 61.6 Å². The maximum atomic E-state index is 13.3. The molecule has 2 aromatic heterocycles. The summed E-state index contributed by atoms with van der Waals surface area (Å²) >= 11 is 0. The first-order chi connectivity index (χ1) is 18.0. The summed E-state index contributed by atoms with van der Waals surface area (Å²) in [5.41, 5.74) is -0.167. The molecule has 0 saturated carbocycles. The second-order valence-electron chi connectivity index (χ2n) is 11.7. The number of nitrogens with zero attached hydrogens (tertiary/aromatic N) is 3. The van der Waals surface area contributed by atoms with Gasteiger partial charge >= 0.3 is 0 Å². The Morgan fingerprint density at radius 2 is 1.84 bits per heavy atom. The summed E-state index contributed by atoms with van der Waals surface area (Å²) in [6.07, 6.45) is 5.28. The third kappa shape index (κ3) is 3.81. The number of piperazine rings is 1. The summed E-state index contributed by atoms with van der Waals surface area (Å²) in [4.78, 5) is 46.8. The van der Waals surface area contributed by atoms with Crippen molar-refractivity contribution in [3.63, 3.8) is 0 Å². The van der Waals surface area contributed by atoms with Gasteiger partial charge in [0.25, 0.3) is 16.8 Å². The van der Waals surface area contributed by atoms with Crippen molar-refractivity contribution in [1.29, 1.82) is 0 Å². The van der Waals surface area contributed by atoms with Gasteiger partial charge in [0.1, 0.15) is 22.9 Å². The van der Waals surface area contributed by atoms with Crippen LogP contribution >= 0.6 is 0 Å². The molecule has 1 aliphatic carbocycles. The maximum absolute atomic E-state index is 13.3. The first kappa shape index (κ1) is 24.7. The van der Waals surface area contributed by atoms with Crippen LogP contribution in [0.15, 0.2) is 32.3 Å². The summed E-state index contributed by atoms with van der Waals surface area (Å²) in [6, 6.07) is 3.81. The van der Waals surface area contributed by atoms with E-state index in [1.807, 2.05) is 13.0 Å². The molecule has 1 aromatic carbocycles. The number of anilines is 3. The summed E-state index contributed by atoms with van der Waals surface area (Å²) < 4.78 is 5.99. The number of aromatic hydroxyl groups is 1. The lowest BCUT2D eigenvalue weighted by Gasteiger charge is -2.39. The molecule has 10 nitrogen and oxygen atoms in total. The van der Waals surface area contributed by atoms with Crippen LogP contribution in [0.5, 0.6) is 5.75 Å². The largest absolute Gasteiger partial charge is 0.504 e. The molecular weight excluding hydrogens is 486 g/mol. The first-order valence-electron chi connectivity index (χ1n) is 13.2. The molecular formula is C28H33N5O5. The fourth-order valence-electron chi connectivity index (χ4n) is 6.31. The van der Waals surface area contributed by atoms with Gasteiger partial charge in [0, 0.05) is 31.4 Å². The van der Waals surface area contributed by atoms with Crippen molar-refractivity contribution in [1.82, 2.24) is 14.8 Å². The predicted octanol–water partition coefficient (Wildman–Crippen LogP) is 3.07. The van der Waals surface area contributed by atoms with E-state index in [4.69, 9.17) is 4.42 Å². The van der Waals surface area contributed by atoms with Crippen molar-refractivity contribution >= 4 is 23.0 Å². The molecule has 0 radical (unpaired) electrons. The summed E-state index contributed by atoms with van der Waals surface area (Å²) in [6.45, 7) is 7.26. The minimum atomic E-state index is -0.684. The highest BCUT2D eigenvalue weighted by atomic mass is 16.3. The number of aromatic nitrogens is 1. The number of carbonyl (C=O) groups excluding carboxylic acids is 1. The molecule has 38 heavy (non-hydrogen) atoms. The Kier molecular flexibility index (Phi) is 5.64. The molecule has 4 heterocycles. The molecule has 2 bridgehead atoms. The lowest BCUT2D eigenvalue weighted by molar-refractivity contribution is 0.0515. The molecule has 3 aromatic rings. The molecule has 3 N–H and O–H groups in total. The Balaban J connectivity index is 1.26. The molecule has 1 amide bonds. The first-order valence-corrected chi connectivity index (χ1v) is 13.2. The van der Waals surface area contributed by atoms with E-state index in [1.165, 1.54) is 12.3 Å². The van der Waals surface area contributed by atoms with Crippen LogP contribution in [0.25, 0.3) is 0 Å². The van der Waals surface area contributed by atoms with Crippen LogP contribution in [0, 0.1) is 12.3 Å². The zero-order chi connectivity index (χ0) is 26.9. The summed E-state index contributed by atoms with van der Waals surface area (Å²) in [7, 11) is 2.09. The predicted molar refractivity (Wildman–Crippen MR) is 143 cm³/mol. The lowest BCUT2D eigenvalue weighted by Crippen LogP contribution is -2.53. The zero-order valence-electron chi connectivity index (χ0n) is 22.1. The Hall–Kier alpha value is -3.66. The van der Waals surface area contributed by atoms with Crippen LogP contribution in [0.4, 0.5) is 17.1 Å². The maximum Gasteiger partial charge on any atom is 0.276 e. The highest BCUT2D eigenvalue weighted by Gasteiger charge is 2.42. The normalized spacial score (nSPS) is 24.4. The van der Waals surface area contributed by atoms with Gasteiger partial charge in [-0.2, -0.15) is 0 Å². The van der Waals surface area contributed by atoms with Crippen LogP contribution < -0.4 is 21.5 Å². The molecule has 2 fully saturated rings. The minimum absolute atomic E-state index is 0.0544. The number of pyridine rings is 1. The highest BCUT2D eigenvalue weighted by molar-refractivity contribution is 5.97. The Morgan fingerprint density at radius 1 is 1.16 bits per heavy atom. The highest BCUT2D eigenvalue weighted by Crippen LogP contribution is 2.47. The molecule has 2 aliphatic heterocycles. The number of aryl methyl sites for hydroxylation is 2. The fourth-order valence-corrected chi connectivity index (χ4v) is 6.31. The van der Waals surface area contributed by atoms with Gasteiger partial charge in [0.2, 0.25) is 0 Å². The quantitative estimate of drug-likeness (QED) is 0.436. The number of amides is 1. The van der Waals surface area contributed by atoms with E-state index in [-0.39, 0.29) is 45.9 Å². The standard InChI is InChI=1S/C28H33N5O5/c1-14-11-15-7-9-28(2,3)26(25(15)38-14)31-20-19(23(35)24(20)36)30-18-8-10-29-21(22(18)34)27(37)33-12-16-5-6-17(13-33)32(16)4/h8,10-11,16-17,26,31,34H,5-7,9,12-13H2,1-4H3,(H,29,30). The molecule has 200 valence electrons. The van der Waals surface area contributed by atoms with Gasteiger partial charge in [-0.1, -0.05) is 13.8 Å². The summed E-state index contributed by atoms with van der Waals surface area (Å²) in [5, 5.41) is 17.2. The van der Waals surface area contributed by atoms with Crippen molar-refractivity contribution < 1.29 is 14.3 Å². The van der Waals surface area contributed by atoms with Gasteiger partial charge in [-0.25, -0.2) is 4.98 Å². The summed E-state index contributed by atoms with van der Waals surface area (Å²) in [5.74, 6) is 0.891. The number of rotatable bonds is 5. The van der Waals surface area contributed by atoms with Crippen LogP contribution in [-0.4, -0.2) is 58.0 Å². The van der Waals surface area contributed by atoms with Gasteiger partial charge in [0.15, 0.2) is 11.4 Å². The van der Waals surface area contributed by atoms with Crippen molar-refractivity contribution in [2.45, 2.75) is 64.6 Å². The van der Waals surface area contributed by atoms with E-state index in [2.05, 4.69) is 41.4 Å². The number of nitrogens with one attached hydrogen (secondary N) is 2. The number of carbonyl (C=O) groups is 1. The number of hydrogen-bond acceptors (Lipinski definition) is 9. The van der Waals surface area contributed by atoms with Gasteiger partial charge in [-0.05, 0) is 62.8 Å². The van der Waals surface area contributed by atoms with Crippen LogP contribution in [-0.2, 0) is 6.42 Å². The van der Waals surface area contributed by atoms with E-state index in [0.29, 0.717) is 25.2 Å². The van der Waals surface area contributed by atoms with Crippen molar-refractivity contribution in [3.8, 4) is 5.75 Å². The zero-order valence-corrected chi connectivity index (χ0v) is 22.1. The third-order valence-electron chi connectivity index (χ3n) is 8.77. The number of hydrogen-bond donors (Lipinski definition) is 3. The fraction of sp³-hybridized carbons (Fsp3) is 0.500. The van der Waals surface area contributed by atoms with Gasteiger partial charge in [-0.3, -0.25) is 19.3 Å².